The summed E-state index contributed by atoms with van der Waals surface area (Å²) >= 11 is 0. The minimum absolute atomic E-state index is 0.244. The van der Waals surface area contributed by atoms with Crippen LogP contribution in [0.25, 0.3) is 0 Å². The Labute approximate surface area is 122 Å². The molecule has 0 aliphatic rings. The molecule has 0 saturated heterocycles. The lowest BCUT2D eigenvalue weighted by molar-refractivity contribution is -0.150. The molecule has 0 amide bonds. The minimum atomic E-state index is -0.754. The maximum Gasteiger partial charge on any atom is 0.322 e. The highest BCUT2D eigenvalue weighted by Gasteiger charge is 2.26. The molecule has 0 saturated carbocycles. The summed E-state index contributed by atoms with van der Waals surface area (Å²) in [6, 6.07) is -0.754. The summed E-state index contributed by atoms with van der Waals surface area (Å²) in [6.45, 7) is 6.57. The molecule has 0 spiro atoms. The Morgan fingerprint density at radius 2 is 1.65 bits per heavy atom. The third kappa shape index (κ3) is 8.15. The van der Waals surface area contributed by atoms with Gasteiger partial charge in [0.1, 0.15) is 6.04 Å². The first-order valence-electron chi connectivity index (χ1n) is 7.65. The van der Waals surface area contributed by atoms with Gasteiger partial charge in [-0.15, -0.1) is 0 Å². The summed E-state index contributed by atoms with van der Waals surface area (Å²) in [5.74, 6) is -1.01. The molecule has 118 valence electrons. The molecular formula is C15H29NO4. The number of esters is 2. The molecule has 0 aromatic heterocycles. The topological polar surface area (TPSA) is 78.6 Å². The summed E-state index contributed by atoms with van der Waals surface area (Å²) in [5.41, 5.74) is 5.79. The molecule has 0 fully saturated rings. The van der Waals surface area contributed by atoms with Crippen LogP contribution in [0.1, 0.15) is 59.3 Å². The lowest BCUT2D eigenvalue weighted by Crippen LogP contribution is -2.36. The zero-order valence-corrected chi connectivity index (χ0v) is 13.0. The predicted octanol–water partition coefficient (Wildman–Crippen LogP) is 2.42. The fraction of sp³-hybridized carbons (Fsp3) is 0.867. The molecule has 0 aliphatic heterocycles. The maximum absolute atomic E-state index is 12.0. The normalized spacial score (nSPS) is 13.6. The molecule has 20 heavy (non-hydrogen) atoms. The van der Waals surface area contributed by atoms with Crippen LogP contribution < -0.4 is 5.73 Å². The summed E-state index contributed by atoms with van der Waals surface area (Å²) in [7, 11) is 0. The van der Waals surface area contributed by atoms with Crippen molar-refractivity contribution in [2.24, 2.45) is 11.7 Å². The molecule has 0 rings (SSSR count). The standard InChI is InChI=1S/C15H29NO4/c1-4-7-9-12(14(17)20-10-8-5-2)11-13(16)15(18)19-6-3/h12-13H,4-11,16H2,1-3H3. The first kappa shape index (κ1) is 18.9. The van der Waals surface area contributed by atoms with E-state index in [9.17, 15) is 9.59 Å². The van der Waals surface area contributed by atoms with E-state index in [4.69, 9.17) is 15.2 Å². The zero-order chi connectivity index (χ0) is 15.4. The fourth-order valence-corrected chi connectivity index (χ4v) is 1.87. The Kier molecular flexibility index (Phi) is 11.1. The smallest absolute Gasteiger partial charge is 0.322 e. The van der Waals surface area contributed by atoms with Crippen molar-refractivity contribution in [2.45, 2.75) is 65.3 Å². The number of hydrogen-bond acceptors (Lipinski definition) is 5. The van der Waals surface area contributed by atoms with Crippen molar-refractivity contribution < 1.29 is 19.1 Å². The number of ether oxygens (including phenoxy) is 2. The lowest BCUT2D eigenvalue weighted by Gasteiger charge is -2.19. The van der Waals surface area contributed by atoms with Gasteiger partial charge in [-0.2, -0.15) is 0 Å². The Bertz CT molecular complexity index is 281. The fourth-order valence-electron chi connectivity index (χ4n) is 1.87. The van der Waals surface area contributed by atoms with Crippen LogP contribution in [0.4, 0.5) is 0 Å². The second-order valence-corrected chi connectivity index (χ2v) is 4.95. The largest absolute Gasteiger partial charge is 0.465 e. The van der Waals surface area contributed by atoms with Gasteiger partial charge in [0.2, 0.25) is 0 Å². The van der Waals surface area contributed by atoms with E-state index >= 15 is 0 Å². The Balaban J connectivity index is 4.38. The number of hydrogen-bond donors (Lipinski definition) is 1. The van der Waals surface area contributed by atoms with Gasteiger partial charge in [0, 0.05) is 0 Å². The maximum atomic E-state index is 12.0. The van der Waals surface area contributed by atoms with Crippen LogP contribution in [0, 0.1) is 5.92 Å². The van der Waals surface area contributed by atoms with Gasteiger partial charge in [-0.3, -0.25) is 9.59 Å². The van der Waals surface area contributed by atoms with Gasteiger partial charge in [0.05, 0.1) is 19.1 Å². The predicted molar refractivity (Wildman–Crippen MR) is 78.1 cm³/mol. The highest BCUT2D eigenvalue weighted by atomic mass is 16.5. The Morgan fingerprint density at radius 1 is 1.00 bits per heavy atom. The van der Waals surface area contributed by atoms with E-state index in [1.807, 2.05) is 6.92 Å². The molecule has 5 nitrogen and oxygen atoms in total. The summed E-state index contributed by atoms with van der Waals surface area (Å²) in [5, 5.41) is 0. The highest BCUT2D eigenvalue weighted by Crippen LogP contribution is 2.17. The van der Waals surface area contributed by atoms with E-state index in [-0.39, 0.29) is 11.9 Å². The van der Waals surface area contributed by atoms with E-state index in [2.05, 4.69) is 6.92 Å². The van der Waals surface area contributed by atoms with E-state index in [0.717, 1.165) is 25.7 Å². The SMILES string of the molecule is CCCCOC(=O)C(CCCC)CC(N)C(=O)OCC. The minimum Gasteiger partial charge on any atom is -0.465 e. The van der Waals surface area contributed by atoms with Crippen LogP contribution in [0.5, 0.6) is 0 Å². The van der Waals surface area contributed by atoms with Crippen molar-refractivity contribution in [2.75, 3.05) is 13.2 Å². The Hall–Kier alpha value is -1.10. The van der Waals surface area contributed by atoms with E-state index < -0.39 is 12.0 Å². The third-order valence-electron chi connectivity index (χ3n) is 3.11. The van der Waals surface area contributed by atoms with Gasteiger partial charge >= 0.3 is 11.9 Å². The summed E-state index contributed by atoms with van der Waals surface area (Å²) < 4.78 is 10.1. The van der Waals surface area contributed by atoms with Crippen LogP contribution in [0.2, 0.25) is 0 Å². The van der Waals surface area contributed by atoms with E-state index in [1.54, 1.807) is 6.92 Å². The lowest BCUT2D eigenvalue weighted by atomic mass is 9.94. The first-order chi connectivity index (χ1) is 9.56. The van der Waals surface area contributed by atoms with Crippen molar-refractivity contribution in [3.8, 4) is 0 Å². The molecule has 0 aromatic rings. The number of nitrogens with two attached hydrogens (primary N) is 1. The van der Waals surface area contributed by atoms with Crippen LogP contribution in [0.3, 0.4) is 0 Å². The summed E-state index contributed by atoms with van der Waals surface area (Å²) in [6.07, 6.45) is 4.75. The van der Waals surface area contributed by atoms with E-state index in [0.29, 0.717) is 26.1 Å². The summed E-state index contributed by atoms with van der Waals surface area (Å²) in [4.78, 5) is 23.5. The second kappa shape index (κ2) is 11.7. The molecule has 2 unspecified atom stereocenters. The molecule has 5 heteroatoms. The monoisotopic (exact) mass is 287 g/mol. The molecule has 2 N–H and O–H groups in total. The number of unbranched alkanes of at least 4 members (excludes halogenated alkanes) is 2. The molecule has 0 heterocycles. The number of carbonyl (C=O) groups excluding carboxylic acids is 2. The zero-order valence-electron chi connectivity index (χ0n) is 13.0. The number of carbonyl (C=O) groups is 2. The van der Waals surface area contributed by atoms with Gasteiger partial charge < -0.3 is 15.2 Å². The van der Waals surface area contributed by atoms with Gasteiger partial charge in [0.25, 0.3) is 0 Å². The van der Waals surface area contributed by atoms with Crippen LogP contribution in [-0.4, -0.2) is 31.2 Å². The van der Waals surface area contributed by atoms with Crippen LogP contribution in [-0.2, 0) is 19.1 Å². The van der Waals surface area contributed by atoms with Crippen molar-refractivity contribution in [3.05, 3.63) is 0 Å². The molecule has 2 atom stereocenters. The quantitative estimate of drug-likeness (QED) is 0.466. The first-order valence-corrected chi connectivity index (χ1v) is 7.65. The average Bonchev–Trinajstić information content (AvgIpc) is 2.43. The Morgan fingerprint density at radius 3 is 2.20 bits per heavy atom. The molecule has 0 aromatic carbocycles. The van der Waals surface area contributed by atoms with Gasteiger partial charge in [-0.05, 0) is 26.2 Å². The highest BCUT2D eigenvalue weighted by molar-refractivity contribution is 5.78. The molecular weight excluding hydrogens is 258 g/mol. The van der Waals surface area contributed by atoms with Crippen LogP contribution in [0.15, 0.2) is 0 Å². The van der Waals surface area contributed by atoms with Crippen molar-refractivity contribution in [1.29, 1.82) is 0 Å². The molecule has 0 bridgehead atoms. The average molecular weight is 287 g/mol. The van der Waals surface area contributed by atoms with Crippen molar-refractivity contribution in [3.63, 3.8) is 0 Å². The van der Waals surface area contributed by atoms with Crippen molar-refractivity contribution >= 4 is 11.9 Å². The number of rotatable bonds is 11. The van der Waals surface area contributed by atoms with E-state index in [1.165, 1.54) is 0 Å². The van der Waals surface area contributed by atoms with Gasteiger partial charge in [-0.25, -0.2) is 0 Å². The van der Waals surface area contributed by atoms with Crippen LogP contribution >= 0.6 is 0 Å². The van der Waals surface area contributed by atoms with Crippen molar-refractivity contribution in [1.82, 2.24) is 0 Å². The van der Waals surface area contributed by atoms with Gasteiger partial charge in [-0.1, -0.05) is 33.1 Å². The molecule has 0 radical (unpaired) electrons. The second-order valence-electron chi connectivity index (χ2n) is 4.95. The molecule has 0 aliphatic carbocycles. The van der Waals surface area contributed by atoms with Gasteiger partial charge in [0.15, 0.2) is 0 Å². The third-order valence-corrected chi connectivity index (χ3v) is 3.11.